The summed E-state index contributed by atoms with van der Waals surface area (Å²) >= 11 is 5.70. The van der Waals surface area contributed by atoms with E-state index >= 15 is 0 Å². The van der Waals surface area contributed by atoms with Gasteiger partial charge in [-0.15, -0.1) is 0 Å². The van der Waals surface area contributed by atoms with E-state index in [2.05, 4.69) is 20.3 Å². The Morgan fingerprint density at radius 1 is 1.16 bits per heavy atom. The van der Waals surface area contributed by atoms with Crippen LogP contribution in [0.1, 0.15) is 5.82 Å². The number of sulfonamides is 1. The van der Waals surface area contributed by atoms with Crippen LogP contribution in [0.5, 0.6) is 0 Å². The van der Waals surface area contributed by atoms with Gasteiger partial charge in [0.1, 0.15) is 5.82 Å². The van der Waals surface area contributed by atoms with Crippen LogP contribution >= 0.6 is 11.6 Å². The smallest absolute Gasteiger partial charge is 0.238 e. The lowest BCUT2D eigenvalue weighted by Gasteiger charge is -2.06. The first-order chi connectivity index (χ1) is 8.84. The summed E-state index contributed by atoms with van der Waals surface area (Å²) in [7, 11) is -3.70. The molecule has 0 aliphatic carbocycles. The van der Waals surface area contributed by atoms with Crippen molar-refractivity contribution in [1.29, 1.82) is 0 Å². The Labute approximate surface area is 114 Å². The van der Waals surface area contributed by atoms with E-state index in [1.807, 2.05) is 0 Å². The highest BCUT2D eigenvalue weighted by Crippen LogP contribution is 2.16. The second-order valence-corrected chi connectivity index (χ2v) is 5.57. The molecule has 1 aromatic carbocycles. The summed E-state index contributed by atoms with van der Waals surface area (Å²) in [6.45, 7) is 1.68. The highest BCUT2D eigenvalue weighted by atomic mass is 35.5. The Bertz CT molecular complexity index is 682. The summed E-state index contributed by atoms with van der Waals surface area (Å²) in [4.78, 5) is 11.8. The normalized spacial score (nSPS) is 11.3. The molecule has 0 saturated carbocycles. The van der Waals surface area contributed by atoms with E-state index in [1.54, 1.807) is 19.1 Å². The molecule has 0 radical (unpaired) electrons. The summed E-state index contributed by atoms with van der Waals surface area (Å²) < 4.78 is 22.2. The number of halogens is 1. The number of hydrogen-bond donors (Lipinski definition) is 2. The molecule has 0 aliphatic rings. The van der Waals surface area contributed by atoms with Crippen molar-refractivity contribution in [1.82, 2.24) is 15.0 Å². The van der Waals surface area contributed by atoms with Crippen LogP contribution in [0.3, 0.4) is 0 Å². The van der Waals surface area contributed by atoms with Crippen molar-refractivity contribution in [2.24, 2.45) is 5.14 Å². The number of primary sulfonamides is 1. The van der Waals surface area contributed by atoms with Crippen LogP contribution in [0.15, 0.2) is 29.2 Å². The molecule has 0 amide bonds. The van der Waals surface area contributed by atoms with Crippen LogP contribution < -0.4 is 10.5 Å². The maximum Gasteiger partial charge on any atom is 0.238 e. The Morgan fingerprint density at radius 2 is 1.79 bits per heavy atom. The van der Waals surface area contributed by atoms with Gasteiger partial charge in [0.2, 0.25) is 21.3 Å². The first-order valence-corrected chi connectivity index (χ1v) is 7.05. The highest BCUT2D eigenvalue weighted by Gasteiger charge is 2.07. The Hall–Kier alpha value is -1.77. The van der Waals surface area contributed by atoms with E-state index in [-0.39, 0.29) is 16.1 Å². The predicted molar refractivity (Wildman–Crippen MR) is 70.7 cm³/mol. The van der Waals surface area contributed by atoms with E-state index in [0.717, 1.165) is 0 Å². The van der Waals surface area contributed by atoms with E-state index in [9.17, 15) is 8.42 Å². The van der Waals surface area contributed by atoms with Gasteiger partial charge in [-0.05, 0) is 42.8 Å². The van der Waals surface area contributed by atoms with Gasteiger partial charge in [0.25, 0.3) is 0 Å². The first-order valence-electron chi connectivity index (χ1n) is 5.13. The number of nitrogens with zero attached hydrogens (tertiary/aromatic N) is 3. The molecule has 9 heteroatoms. The zero-order valence-corrected chi connectivity index (χ0v) is 11.4. The monoisotopic (exact) mass is 299 g/mol. The largest absolute Gasteiger partial charge is 0.324 e. The van der Waals surface area contributed by atoms with Crippen molar-refractivity contribution >= 4 is 33.3 Å². The Morgan fingerprint density at radius 3 is 2.32 bits per heavy atom. The second kappa shape index (κ2) is 5.08. The van der Waals surface area contributed by atoms with E-state index < -0.39 is 10.0 Å². The van der Waals surface area contributed by atoms with Crippen molar-refractivity contribution in [2.75, 3.05) is 5.32 Å². The number of aryl methyl sites for hydroxylation is 1. The number of hydrogen-bond acceptors (Lipinski definition) is 6. The Balaban J connectivity index is 2.24. The minimum Gasteiger partial charge on any atom is -0.324 e. The van der Waals surface area contributed by atoms with Crippen LogP contribution in [-0.4, -0.2) is 23.4 Å². The second-order valence-electron chi connectivity index (χ2n) is 3.67. The number of aromatic nitrogens is 3. The standard InChI is InChI=1S/C10H10ClN5O2S/c1-6-13-9(11)16-10(14-6)15-7-2-4-8(5-3-7)19(12,17)18/h2-5H,1H3,(H2,12,17,18)(H,13,14,15,16). The number of anilines is 2. The molecule has 100 valence electrons. The molecule has 19 heavy (non-hydrogen) atoms. The number of nitrogens with one attached hydrogen (secondary N) is 1. The van der Waals surface area contributed by atoms with Crippen LogP contribution in [0.4, 0.5) is 11.6 Å². The summed E-state index contributed by atoms with van der Waals surface area (Å²) in [5.41, 5.74) is 0.606. The zero-order chi connectivity index (χ0) is 14.0. The predicted octanol–water partition coefficient (Wildman–Crippen LogP) is 1.22. The van der Waals surface area contributed by atoms with Gasteiger partial charge in [-0.25, -0.2) is 18.5 Å². The quantitative estimate of drug-likeness (QED) is 0.881. The van der Waals surface area contributed by atoms with E-state index in [1.165, 1.54) is 12.1 Å². The number of benzene rings is 1. The molecule has 0 saturated heterocycles. The molecule has 0 unspecified atom stereocenters. The lowest BCUT2D eigenvalue weighted by atomic mass is 10.3. The molecule has 1 aromatic heterocycles. The molecule has 2 rings (SSSR count). The average Bonchev–Trinajstić information content (AvgIpc) is 2.26. The lowest BCUT2D eigenvalue weighted by molar-refractivity contribution is 0.598. The van der Waals surface area contributed by atoms with Gasteiger partial charge in [0, 0.05) is 5.69 Å². The first kappa shape index (κ1) is 13.7. The van der Waals surface area contributed by atoms with Crippen LogP contribution in [0.2, 0.25) is 5.28 Å². The molecular weight excluding hydrogens is 290 g/mol. The molecule has 0 fully saturated rings. The minimum atomic E-state index is -3.70. The van der Waals surface area contributed by atoms with Crippen molar-refractivity contribution in [3.05, 3.63) is 35.4 Å². The van der Waals surface area contributed by atoms with Crippen molar-refractivity contribution < 1.29 is 8.42 Å². The maximum atomic E-state index is 11.1. The van der Waals surface area contributed by atoms with Gasteiger partial charge in [-0.2, -0.15) is 9.97 Å². The molecule has 0 bridgehead atoms. The number of nitrogens with two attached hydrogens (primary N) is 1. The SMILES string of the molecule is Cc1nc(Cl)nc(Nc2ccc(S(N)(=O)=O)cc2)n1. The van der Waals surface area contributed by atoms with Crippen LogP contribution in [0.25, 0.3) is 0 Å². The van der Waals surface area contributed by atoms with Crippen LogP contribution in [-0.2, 0) is 10.0 Å². The fraction of sp³-hybridized carbons (Fsp3) is 0.100. The van der Waals surface area contributed by atoms with Crippen molar-refractivity contribution in [3.8, 4) is 0 Å². The molecule has 7 nitrogen and oxygen atoms in total. The molecule has 2 aromatic rings. The highest BCUT2D eigenvalue weighted by molar-refractivity contribution is 7.89. The third kappa shape index (κ3) is 3.60. The van der Waals surface area contributed by atoms with Gasteiger partial charge < -0.3 is 5.32 Å². The van der Waals surface area contributed by atoms with Crippen molar-refractivity contribution in [2.45, 2.75) is 11.8 Å². The van der Waals surface area contributed by atoms with Gasteiger partial charge in [-0.3, -0.25) is 0 Å². The third-order valence-corrected chi connectivity index (χ3v) is 3.26. The topological polar surface area (TPSA) is 111 Å². The van der Waals surface area contributed by atoms with E-state index in [4.69, 9.17) is 16.7 Å². The van der Waals surface area contributed by atoms with Crippen molar-refractivity contribution in [3.63, 3.8) is 0 Å². The fourth-order valence-electron chi connectivity index (χ4n) is 1.36. The summed E-state index contributed by atoms with van der Waals surface area (Å²) in [6, 6.07) is 5.86. The summed E-state index contributed by atoms with van der Waals surface area (Å²) in [5.74, 6) is 0.754. The molecule has 0 spiro atoms. The summed E-state index contributed by atoms with van der Waals surface area (Å²) in [5, 5.41) is 7.96. The average molecular weight is 300 g/mol. The van der Waals surface area contributed by atoms with Gasteiger partial charge >= 0.3 is 0 Å². The van der Waals surface area contributed by atoms with Gasteiger partial charge in [0.05, 0.1) is 4.90 Å². The molecule has 1 heterocycles. The maximum absolute atomic E-state index is 11.1. The fourth-order valence-corrected chi connectivity index (χ4v) is 2.08. The zero-order valence-electron chi connectivity index (χ0n) is 9.83. The molecule has 3 N–H and O–H groups in total. The Kier molecular flexibility index (Phi) is 3.65. The lowest BCUT2D eigenvalue weighted by Crippen LogP contribution is -2.11. The molecule has 0 atom stereocenters. The van der Waals surface area contributed by atoms with Gasteiger partial charge in [-0.1, -0.05) is 0 Å². The minimum absolute atomic E-state index is 0.0305. The number of rotatable bonds is 3. The molecule has 0 aliphatic heterocycles. The van der Waals surface area contributed by atoms with Crippen LogP contribution in [0, 0.1) is 6.92 Å². The van der Waals surface area contributed by atoms with E-state index in [0.29, 0.717) is 11.5 Å². The third-order valence-electron chi connectivity index (χ3n) is 2.16. The van der Waals surface area contributed by atoms with Gasteiger partial charge in [0.15, 0.2) is 0 Å². The summed E-state index contributed by atoms with van der Waals surface area (Å²) in [6.07, 6.45) is 0. The molecular formula is C10H10ClN5O2S.